The van der Waals surface area contributed by atoms with Gasteiger partial charge in [0.05, 0.1) is 6.42 Å². The predicted molar refractivity (Wildman–Crippen MR) is 46.2 cm³/mol. The predicted octanol–water partition coefficient (Wildman–Crippen LogP) is -0.293. The van der Waals surface area contributed by atoms with Gasteiger partial charge in [-0.3, -0.25) is 4.79 Å². The third-order valence-corrected chi connectivity index (χ3v) is 2.39. The van der Waals surface area contributed by atoms with Crippen LogP contribution in [0.1, 0.15) is 6.42 Å². The Morgan fingerprint density at radius 2 is 2.17 bits per heavy atom. The first-order chi connectivity index (χ1) is 5.59. The molecule has 0 amide bonds. The van der Waals surface area contributed by atoms with Crippen LogP contribution in [0.3, 0.4) is 0 Å². The van der Waals surface area contributed by atoms with Crippen molar-refractivity contribution < 1.29 is 9.90 Å². The van der Waals surface area contributed by atoms with Crippen molar-refractivity contribution in [1.82, 2.24) is 9.80 Å². The second-order valence-corrected chi connectivity index (χ2v) is 3.49. The maximum Gasteiger partial charge on any atom is 0.304 e. The molecule has 1 heterocycles. The highest BCUT2D eigenvalue weighted by Gasteiger charge is 2.23. The number of aliphatic carboxylic acids is 1. The van der Waals surface area contributed by atoms with Crippen LogP contribution in [0.5, 0.6) is 0 Å². The fourth-order valence-corrected chi connectivity index (χ4v) is 1.52. The van der Waals surface area contributed by atoms with Crippen LogP contribution >= 0.6 is 0 Å². The van der Waals surface area contributed by atoms with Crippen molar-refractivity contribution in [1.29, 1.82) is 0 Å². The van der Waals surface area contributed by atoms with E-state index >= 15 is 0 Å². The lowest BCUT2D eigenvalue weighted by Gasteiger charge is -2.36. The SMILES string of the molecule is CN1CCN(C)C(CC(=O)O)C1. The summed E-state index contributed by atoms with van der Waals surface area (Å²) in [6, 6.07) is 0.182. The topological polar surface area (TPSA) is 43.8 Å². The van der Waals surface area contributed by atoms with E-state index in [0.717, 1.165) is 19.6 Å². The van der Waals surface area contributed by atoms with Crippen molar-refractivity contribution in [3.8, 4) is 0 Å². The van der Waals surface area contributed by atoms with Gasteiger partial charge in [-0.25, -0.2) is 0 Å². The summed E-state index contributed by atoms with van der Waals surface area (Å²) in [5, 5.41) is 8.62. The molecule has 0 bridgehead atoms. The molecule has 1 aliphatic rings. The van der Waals surface area contributed by atoms with Gasteiger partial charge in [0, 0.05) is 25.7 Å². The molecular weight excluding hydrogens is 156 g/mol. The van der Waals surface area contributed by atoms with E-state index in [4.69, 9.17) is 5.11 Å². The van der Waals surface area contributed by atoms with E-state index in [1.807, 2.05) is 14.1 Å². The highest BCUT2D eigenvalue weighted by Crippen LogP contribution is 2.08. The Morgan fingerprint density at radius 3 is 2.75 bits per heavy atom. The first-order valence-electron chi connectivity index (χ1n) is 4.20. The number of likely N-dealkylation sites (N-methyl/N-ethyl adjacent to an activating group) is 2. The Bertz CT molecular complexity index is 172. The molecule has 1 saturated heterocycles. The molecular formula is C8H16N2O2. The molecule has 4 heteroatoms. The highest BCUT2D eigenvalue weighted by atomic mass is 16.4. The van der Waals surface area contributed by atoms with Crippen LogP contribution in [-0.4, -0.2) is 60.6 Å². The van der Waals surface area contributed by atoms with E-state index in [1.165, 1.54) is 0 Å². The summed E-state index contributed by atoms with van der Waals surface area (Å²) >= 11 is 0. The summed E-state index contributed by atoms with van der Waals surface area (Å²) in [6.45, 7) is 2.86. The van der Waals surface area contributed by atoms with Gasteiger partial charge in [0.15, 0.2) is 0 Å². The molecule has 4 nitrogen and oxygen atoms in total. The van der Waals surface area contributed by atoms with Gasteiger partial charge in [0.25, 0.3) is 0 Å². The standard InChI is InChI=1S/C8H16N2O2/c1-9-3-4-10(2)7(6-9)5-8(11)12/h7H,3-6H2,1-2H3,(H,11,12). The summed E-state index contributed by atoms with van der Waals surface area (Å²) in [6.07, 6.45) is 0.251. The zero-order valence-electron chi connectivity index (χ0n) is 7.66. The summed E-state index contributed by atoms with van der Waals surface area (Å²) < 4.78 is 0. The maximum atomic E-state index is 10.5. The van der Waals surface area contributed by atoms with Gasteiger partial charge in [-0.05, 0) is 14.1 Å². The van der Waals surface area contributed by atoms with Gasteiger partial charge >= 0.3 is 5.97 Å². The largest absolute Gasteiger partial charge is 0.481 e. The molecule has 0 saturated carbocycles. The van der Waals surface area contributed by atoms with E-state index in [9.17, 15) is 4.79 Å². The average Bonchev–Trinajstić information content (AvgIpc) is 1.96. The number of carboxylic acid groups (broad SMARTS) is 1. The summed E-state index contributed by atoms with van der Waals surface area (Å²) in [5.41, 5.74) is 0. The molecule has 1 aliphatic heterocycles. The van der Waals surface area contributed by atoms with Crippen molar-refractivity contribution in [2.24, 2.45) is 0 Å². The minimum absolute atomic E-state index is 0.182. The Kier molecular flexibility index (Phi) is 3.05. The first-order valence-corrected chi connectivity index (χ1v) is 4.20. The Balaban J connectivity index is 2.43. The molecule has 0 aromatic heterocycles. The number of piperazine rings is 1. The molecule has 0 spiro atoms. The lowest BCUT2D eigenvalue weighted by molar-refractivity contribution is -0.138. The lowest BCUT2D eigenvalue weighted by Crippen LogP contribution is -2.50. The zero-order valence-corrected chi connectivity index (χ0v) is 7.66. The van der Waals surface area contributed by atoms with Crippen molar-refractivity contribution in [3.63, 3.8) is 0 Å². The van der Waals surface area contributed by atoms with E-state index < -0.39 is 5.97 Å². The molecule has 1 unspecified atom stereocenters. The average molecular weight is 172 g/mol. The smallest absolute Gasteiger partial charge is 0.304 e. The number of hydrogen-bond acceptors (Lipinski definition) is 3. The van der Waals surface area contributed by atoms with Gasteiger partial charge in [0.1, 0.15) is 0 Å². The number of hydrogen-bond donors (Lipinski definition) is 1. The van der Waals surface area contributed by atoms with Gasteiger partial charge < -0.3 is 14.9 Å². The molecule has 0 aliphatic carbocycles. The second kappa shape index (κ2) is 3.87. The van der Waals surface area contributed by atoms with Crippen LogP contribution in [0.4, 0.5) is 0 Å². The summed E-state index contributed by atoms with van der Waals surface area (Å²) in [7, 11) is 4.02. The molecule has 70 valence electrons. The molecule has 12 heavy (non-hydrogen) atoms. The monoisotopic (exact) mass is 172 g/mol. The fourth-order valence-electron chi connectivity index (χ4n) is 1.52. The van der Waals surface area contributed by atoms with E-state index in [0.29, 0.717) is 0 Å². The van der Waals surface area contributed by atoms with Crippen molar-refractivity contribution in [2.45, 2.75) is 12.5 Å². The zero-order chi connectivity index (χ0) is 9.14. The van der Waals surface area contributed by atoms with Crippen molar-refractivity contribution in [2.75, 3.05) is 33.7 Å². The molecule has 1 rings (SSSR count). The number of rotatable bonds is 2. The van der Waals surface area contributed by atoms with Crippen LogP contribution in [0.15, 0.2) is 0 Å². The number of carboxylic acids is 1. The first kappa shape index (κ1) is 9.48. The highest BCUT2D eigenvalue weighted by molar-refractivity contribution is 5.67. The van der Waals surface area contributed by atoms with Crippen LogP contribution in [0.2, 0.25) is 0 Å². The fraction of sp³-hybridized carbons (Fsp3) is 0.875. The molecule has 1 atom stereocenters. The maximum absolute atomic E-state index is 10.5. The summed E-state index contributed by atoms with van der Waals surface area (Å²) in [5.74, 6) is -0.706. The third-order valence-electron chi connectivity index (χ3n) is 2.39. The second-order valence-electron chi connectivity index (χ2n) is 3.49. The van der Waals surface area contributed by atoms with Gasteiger partial charge in [-0.2, -0.15) is 0 Å². The third kappa shape index (κ3) is 2.46. The molecule has 0 radical (unpaired) electrons. The number of nitrogens with zero attached hydrogens (tertiary/aromatic N) is 2. The van der Waals surface area contributed by atoms with Crippen LogP contribution in [-0.2, 0) is 4.79 Å². The minimum atomic E-state index is -0.706. The normalized spacial score (nSPS) is 27.3. The van der Waals surface area contributed by atoms with Crippen LogP contribution < -0.4 is 0 Å². The molecule has 1 fully saturated rings. The van der Waals surface area contributed by atoms with E-state index in [-0.39, 0.29) is 12.5 Å². The lowest BCUT2D eigenvalue weighted by atomic mass is 10.1. The van der Waals surface area contributed by atoms with Gasteiger partial charge in [-0.15, -0.1) is 0 Å². The Labute approximate surface area is 72.8 Å². The number of carbonyl (C=O) groups is 1. The van der Waals surface area contributed by atoms with Gasteiger partial charge in [-0.1, -0.05) is 0 Å². The Hall–Kier alpha value is -0.610. The van der Waals surface area contributed by atoms with Crippen molar-refractivity contribution in [3.05, 3.63) is 0 Å². The van der Waals surface area contributed by atoms with Crippen LogP contribution in [0, 0.1) is 0 Å². The minimum Gasteiger partial charge on any atom is -0.481 e. The molecule has 0 aromatic carbocycles. The van der Waals surface area contributed by atoms with Gasteiger partial charge in [0.2, 0.25) is 0 Å². The van der Waals surface area contributed by atoms with Crippen LogP contribution in [0.25, 0.3) is 0 Å². The molecule has 0 aromatic rings. The van der Waals surface area contributed by atoms with E-state index in [2.05, 4.69) is 9.80 Å². The molecule has 1 N–H and O–H groups in total. The Morgan fingerprint density at radius 1 is 1.50 bits per heavy atom. The van der Waals surface area contributed by atoms with Crippen molar-refractivity contribution >= 4 is 5.97 Å². The van der Waals surface area contributed by atoms with E-state index in [1.54, 1.807) is 0 Å². The quantitative estimate of drug-likeness (QED) is 0.621. The summed E-state index contributed by atoms with van der Waals surface area (Å²) in [4.78, 5) is 14.8.